The minimum atomic E-state index is -4.10. The molecule has 1 aliphatic heterocycles. The molecule has 1 heterocycles. The van der Waals surface area contributed by atoms with Gasteiger partial charge in [-0.3, -0.25) is 4.79 Å². The molecule has 3 aromatic rings. The van der Waals surface area contributed by atoms with Crippen LogP contribution in [-0.2, 0) is 14.8 Å². The summed E-state index contributed by atoms with van der Waals surface area (Å²) >= 11 is 0. The average molecular weight is 419 g/mol. The summed E-state index contributed by atoms with van der Waals surface area (Å²) in [4.78, 5) is 13.2. The lowest BCUT2D eigenvalue weighted by Crippen LogP contribution is -2.32. The number of aryl methyl sites for hydroxylation is 1. The Bertz CT molecular complexity index is 1170. The first-order valence-corrected chi connectivity index (χ1v) is 11.2. The van der Waals surface area contributed by atoms with Gasteiger partial charge in [0.1, 0.15) is 0 Å². The van der Waals surface area contributed by atoms with Crippen molar-refractivity contribution >= 4 is 21.6 Å². The van der Waals surface area contributed by atoms with Gasteiger partial charge in [-0.25, -0.2) is 0 Å². The lowest BCUT2D eigenvalue weighted by Gasteiger charge is -2.17. The maximum absolute atomic E-state index is 13.3. The van der Waals surface area contributed by atoms with Gasteiger partial charge in [0.2, 0.25) is 0 Å². The van der Waals surface area contributed by atoms with Crippen LogP contribution in [0.5, 0.6) is 0 Å². The van der Waals surface area contributed by atoms with Crippen molar-refractivity contribution in [3.63, 3.8) is 0 Å². The van der Waals surface area contributed by atoms with E-state index in [4.69, 9.17) is 0 Å². The van der Waals surface area contributed by atoms with E-state index in [0.29, 0.717) is 16.5 Å². The van der Waals surface area contributed by atoms with Crippen LogP contribution >= 0.6 is 0 Å². The van der Waals surface area contributed by atoms with Gasteiger partial charge in [-0.15, -0.1) is 4.41 Å². The van der Waals surface area contributed by atoms with Crippen molar-refractivity contribution in [1.29, 1.82) is 0 Å². The summed E-state index contributed by atoms with van der Waals surface area (Å²) in [6.07, 6.45) is 0.536. The third-order valence-electron chi connectivity index (χ3n) is 5.21. The Morgan fingerprint density at radius 3 is 2.07 bits per heavy atom. The Balaban J connectivity index is 1.80. The highest BCUT2D eigenvalue weighted by molar-refractivity contribution is 7.89. The van der Waals surface area contributed by atoms with Crippen LogP contribution in [0.25, 0.3) is 0 Å². The number of hydrogen-bond donors (Lipinski definition) is 0. The van der Waals surface area contributed by atoms with E-state index < -0.39 is 15.9 Å². The van der Waals surface area contributed by atoms with Crippen molar-refractivity contribution in [2.45, 2.75) is 30.6 Å². The summed E-state index contributed by atoms with van der Waals surface area (Å²) in [5.74, 6) is -0.689. The van der Waals surface area contributed by atoms with Crippen LogP contribution in [0.1, 0.15) is 35.4 Å². The van der Waals surface area contributed by atoms with Gasteiger partial charge in [-0.2, -0.15) is 13.5 Å². The summed E-state index contributed by atoms with van der Waals surface area (Å²) in [5.41, 5.74) is 3.31. The van der Waals surface area contributed by atoms with Crippen molar-refractivity contribution in [2.24, 2.45) is 5.10 Å². The first-order chi connectivity index (χ1) is 14.4. The molecule has 3 aromatic carbocycles. The molecule has 30 heavy (non-hydrogen) atoms. The summed E-state index contributed by atoms with van der Waals surface area (Å²) in [6, 6.07) is 25.5. The fourth-order valence-corrected chi connectivity index (χ4v) is 4.79. The highest BCUT2D eigenvalue weighted by Crippen LogP contribution is 2.31. The molecular formula is C24H22N2O3S. The van der Waals surface area contributed by atoms with Crippen LogP contribution in [0, 0.1) is 6.92 Å². The Morgan fingerprint density at radius 2 is 1.43 bits per heavy atom. The molecule has 1 amide bonds. The second-order valence-corrected chi connectivity index (χ2v) is 9.15. The molecule has 0 spiro atoms. The van der Waals surface area contributed by atoms with E-state index in [1.54, 1.807) is 12.1 Å². The van der Waals surface area contributed by atoms with E-state index >= 15 is 0 Å². The lowest BCUT2D eigenvalue weighted by atomic mass is 9.89. The molecule has 0 fully saturated rings. The van der Waals surface area contributed by atoms with E-state index in [1.807, 2.05) is 67.6 Å². The maximum atomic E-state index is 13.3. The van der Waals surface area contributed by atoms with Gasteiger partial charge < -0.3 is 0 Å². The van der Waals surface area contributed by atoms with Gasteiger partial charge in [-0.1, -0.05) is 78.4 Å². The van der Waals surface area contributed by atoms with Gasteiger partial charge in [0.15, 0.2) is 0 Å². The van der Waals surface area contributed by atoms with Gasteiger partial charge >= 0.3 is 0 Å². The number of sulfonamides is 1. The van der Waals surface area contributed by atoms with E-state index in [0.717, 1.165) is 16.7 Å². The second-order valence-electron chi connectivity index (χ2n) is 7.38. The highest BCUT2D eigenvalue weighted by atomic mass is 32.2. The topological polar surface area (TPSA) is 66.8 Å². The zero-order valence-corrected chi connectivity index (χ0v) is 17.4. The Kier molecular flexibility index (Phi) is 5.50. The number of nitrogens with zero attached hydrogens (tertiary/aromatic N) is 2. The van der Waals surface area contributed by atoms with E-state index in [1.165, 1.54) is 12.1 Å². The molecule has 1 aliphatic rings. The molecule has 5 nitrogen and oxygen atoms in total. The molecule has 0 saturated carbocycles. The van der Waals surface area contributed by atoms with Crippen LogP contribution in [0.4, 0.5) is 0 Å². The molecule has 0 unspecified atom stereocenters. The molecule has 4 rings (SSSR count). The summed E-state index contributed by atoms with van der Waals surface area (Å²) in [6.45, 7) is 1.88. The van der Waals surface area contributed by atoms with Crippen LogP contribution in [0.3, 0.4) is 0 Å². The normalized spacial score (nSPS) is 17.4. The molecule has 0 bridgehead atoms. The Morgan fingerprint density at radius 1 is 0.833 bits per heavy atom. The Labute approximate surface area is 176 Å². The van der Waals surface area contributed by atoms with Gasteiger partial charge in [0.25, 0.3) is 15.9 Å². The van der Waals surface area contributed by atoms with E-state index in [9.17, 15) is 13.2 Å². The minimum Gasteiger partial charge on any atom is -0.272 e. The summed E-state index contributed by atoms with van der Waals surface area (Å²) < 4.78 is 27.2. The summed E-state index contributed by atoms with van der Waals surface area (Å²) in [5, 5.41) is 4.39. The third-order valence-corrected chi connectivity index (χ3v) is 6.82. The van der Waals surface area contributed by atoms with Gasteiger partial charge in [0, 0.05) is 6.42 Å². The zero-order valence-electron chi connectivity index (χ0n) is 16.6. The molecule has 6 heteroatoms. The van der Waals surface area contributed by atoms with Crippen LogP contribution in [-0.4, -0.2) is 24.5 Å². The SMILES string of the molecule is Cc1ccc(S(=O)(=O)N2N=C(c3ccccc3)C[C@@H](c3ccccc3)CC2=O)cc1. The molecule has 1 atom stereocenters. The van der Waals surface area contributed by atoms with Crippen LogP contribution < -0.4 is 0 Å². The number of hydrogen-bond acceptors (Lipinski definition) is 4. The van der Waals surface area contributed by atoms with Crippen molar-refractivity contribution in [3.05, 3.63) is 102 Å². The predicted molar refractivity (Wildman–Crippen MR) is 117 cm³/mol. The molecule has 0 aromatic heterocycles. The van der Waals surface area contributed by atoms with Crippen molar-refractivity contribution < 1.29 is 13.2 Å². The predicted octanol–water partition coefficient (Wildman–Crippen LogP) is 4.49. The van der Waals surface area contributed by atoms with Gasteiger partial charge in [0.05, 0.1) is 10.6 Å². The number of hydrazone groups is 1. The van der Waals surface area contributed by atoms with Crippen molar-refractivity contribution in [1.82, 2.24) is 4.41 Å². The van der Waals surface area contributed by atoms with Crippen molar-refractivity contribution in [3.8, 4) is 0 Å². The smallest absolute Gasteiger partial charge is 0.272 e. The quantitative estimate of drug-likeness (QED) is 0.627. The van der Waals surface area contributed by atoms with Crippen LogP contribution in [0.15, 0.2) is 94.9 Å². The Hall–Kier alpha value is -3.25. The number of carbonyl (C=O) groups excluding carboxylic acids is 1. The molecule has 152 valence electrons. The number of amides is 1. The molecule has 0 saturated heterocycles. The fourth-order valence-electron chi connectivity index (χ4n) is 3.57. The fraction of sp³-hybridized carbons (Fsp3) is 0.167. The highest BCUT2D eigenvalue weighted by Gasteiger charge is 2.35. The maximum Gasteiger partial charge on any atom is 0.286 e. The molecule has 0 aliphatic carbocycles. The largest absolute Gasteiger partial charge is 0.286 e. The number of benzene rings is 3. The van der Waals surface area contributed by atoms with Crippen LogP contribution in [0.2, 0.25) is 0 Å². The molecule has 0 N–H and O–H groups in total. The molecule has 0 radical (unpaired) electrons. The van der Waals surface area contributed by atoms with E-state index in [-0.39, 0.29) is 17.2 Å². The standard InChI is InChI=1S/C24H22N2O3S/c1-18-12-14-22(15-13-18)30(28,29)26-24(27)17-21(19-8-4-2-5-9-19)16-23(25-26)20-10-6-3-7-11-20/h2-15,21H,16-17H2,1H3/t21-/m1/s1. The second kappa shape index (κ2) is 8.24. The first kappa shape index (κ1) is 20.0. The third kappa shape index (κ3) is 4.04. The summed E-state index contributed by atoms with van der Waals surface area (Å²) in [7, 11) is -4.10. The minimum absolute atomic E-state index is 0.0516. The first-order valence-electron chi connectivity index (χ1n) is 9.78. The zero-order chi connectivity index (χ0) is 21.1. The molecular weight excluding hydrogens is 396 g/mol. The van der Waals surface area contributed by atoms with Gasteiger partial charge in [-0.05, 0) is 42.5 Å². The van der Waals surface area contributed by atoms with E-state index in [2.05, 4.69) is 5.10 Å². The number of rotatable bonds is 4. The van der Waals surface area contributed by atoms with Crippen molar-refractivity contribution in [2.75, 3.05) is 0 Å². The number of carbonyl (C=O) groups is 1. The average Bonchev–Trinajstić information content (AvgIpc) is 2.95. The lowest BCUT2D eigenvalue weighted by molar-refractivity contribution is -0.126. The monoisotopic (exact) mass is 418 g/mol.